The Kier molecular flexibility index (Phi) is 7.11. The molecule has 1 atom stereocenters. The first-order chi connectivity index (χ1) is 9.65. The molecule has 4 heteroatoms. The first-order valence-corrected chi connectivity index (χ1v) is 11.3. The largest absolute Gasteiger partial charge is 0.417 e. The van der Waals surface area contributed by atoms with Gasteiger partial charge in [0.15, 0.2) is 8.32 Å². The van der Waals surface area contributed by atoms with Crippen molar-refractivity contribution in [1.29, 1.82) is 0 Å². The molecule has 1 aromatic rings. The van der Waals surface area contributed by atoms with Crippen molar-refractivity contribution in [1.82, 2.24) is 0 Å². The first kappa shape index (κ1) is 18.9. The molecule has 0 aliphatic heterocycles. The van der Waals surface area contributed by atoms with Gasteiger partial charge < -0.3 is 9.53 Å². The van der Waals surface area contributed by atoms with E-state index in [1.54, 1.807) is 0 Å². The van der Waals surface area contributed by atoms with E-state index in [4.69, 9.17) is 4.43 Å². The van der Waals surface area contributed by atoms with Crippen LogP contribution in [-0.2, 0) is 10.8 Å². The fourth-order valence-electron chi connectivity index (χ4n) is 1.91. The highest BCUT2D eigenvalue weighted by atomic mass is 79.9. The van der Waals surface area contributed by atoms with Gasteiger partial charge in [0.25, 0.3) is 0 Å². The molecule has 0 aliphatic carbocycles. The summed E-state index contributed by atoms with van der Waals surface area (Å²) in [5, 5.41) is 9.82. The molecule has 0 bridgehead atoms. The minimum Gasteiger partial charge on any atom is -0.417 e. The molecule has 0 radical (unpaired) electrons. The first-order valence-electron chi connectivity index (χ1n) is 7.65. The summed E-state index contributed by atoms with van der Waals surface area (Å²) in [4.78, 5) is 0. The van der Waals surface area contributed by atoms with Gasteiger partial charge in [0.05, 0.1) is 0 Å². The van der Waals surface area contributed by atoms with Crippen molar-refractivity contribution in [2.75, 3.05) is 13.2 Å². The standard InChI is InChI=1S/C17H29BrO2Si/c1-17(2,3)21(4,5)20-11-10-15(13-19)12-14-6-8-16(18)9-7-14/h6-9,15,19H,10-13H2,1-5H3/t15-/m1/s1. The van der Waals surface area contributed by atoms with Gasteiger partial charge in [0.1, 0.15) is 0 Å². The van der Waals surface area contributed by atoms with Gasteiger partial charge in [-0.05, 0) is 54.6 Å². The molecular weight excluding hydrogens is 344 g/mol. The van der Waals surface area contributed by atoms with Crippen molar-refractivity contribution < 1.29 is 9.53 Å². The second kappa shape index (κ2) is 7.91. The average Bonchev–Trinajstić information content (AvgIpc) is 2.38. The van der Waals surface area contributed by atoms with E-state index in [9.17, 15) is 5.11 Å². The van der Waals surface area contributed by atoms with Crippen molar-refractivity contribution in [3.05, 3.63) is 34.3 Å². The Balaban J connectivity index is 2.46. The molecule has 0 saturated heterocycles. The van der Waals surface area contributed by atoms with E-state index < -0.39 is 8.32 Å². The lowest BCUT2D eigenvalue weighted by Crippen LogP contribution is -2.41. The maximum Gasteiger partial charge on any atom is 0.191 e. The zero-order chi connectivity index (χ0) is 16.1. The number of rotatable bonds is 7. The monoisotopic (exact) mass is 372 g/mol. The number of aliphatic hydroxyl groups is 1. The maximum absolute atomic E-state index is 9.58. The topological polar surface area (TPSA) is 29.5 Å². The summed E-state index contributed by atoms with van der Waals surface area (Å²) in [5.74, 6) is 0.274. The zero-order valence-corrected chi connectivity index (χ0v) is 16.5. The average molecular weight is 373 g/mol. The number of halogens is 1. The van der Waals surface area contributed by atoms with Gasteiger partial charge >= 0.3 is 0 Å². The van der Waals surface area contributed by atoms with Crippen LogP contribution in [0.3, 0.4) is 0 Å². The fourth-order valence-corrected chi connectivity index (χ4v) is 3.23. The summed E-state index contributed by atoms with van der Waals surface area (Å²) < 4.78 is 7.29. The number of aliphatic hydroxyl groups excluding tert-OH is 1. The predicted molar refractivity (Wildman–Crippen MR) is 96.2 cm³/mol. The Labute approximate surface area is 139 Å². The Morgan fingerprint density at radius 2 is 1.76 bits per heavy atom. The highest BCUT2D eigenvalue weighted by molar-refractivity contribution is 9.10. The molecule has 0 heterocycles. The van der Waals surface area contributed by atoms with Gasteiger partial charge in [-0.15, -0.1) is 0 Å². The van der Waals surface area contributed by atoms with Crippen molar-refractivity contribution in [2.45, 2.75) is 51.7 Å². The Bertz CT molecular complexity index is 423. The lowest BCUT2D eigenvalue weighted by Gasteiger charge is -2.36. The van der Waals surface area contributed by atoms with Crippen LogP contribution in [0.4, 0.5) is 0 Å². The lowest BCUT2D eigenvalue weighted by molar-refractivity contribution is 0.185. The summed E-state index contributed by atoms with van der Waals surface area (Å²) in [6, 6.07) is 8.33. The van der Waals surface area contributed by atoms with Crippen molar-refractivity contribution in [3.8, 4) is 0 Å². The summed E-state index contributed by atoms with van der Waals surface area (Å²) in [7, 11) is -1.67. The minimum atomic E-state index is -1.67. The molecule has 0 aromatic heterocycles. The molecular formula is C17H29BrO2Si. The molecule has 0 saturated carbocycles. The summed E-state index contributed by atoms with van der Waals surface area (Å²) in [5.41, 5.74) is 1.27. The highest BCUT2D eigenvalue weighted by Gasteiger charge is 2.36. The van der Waals surface area contributed by atoms with Crippen LogP contribution in [0.1, 0.15) is 32.8 Å². The van der Waals surface area contributed by atoms with Crippen LogP contribution < -0.4 is 0 Å². The van der Waals surface area contributed by atoms with Crippen LogP contribution >= 0.6 is 15.9 Å². The SMILES string of the molecule is CC(C)(C)[Si](C)(C)OCC[C@@H](CO)Cc1ccc(Br)cc1. The third-order valence-electron chi connectivity index (χ3n) is 4.49. The number of benzene rings is 1. The molecule has 0 aliphatic rings. The van der Waals surface area contributed by atoms with Crippen LogP contribution in [0.25, 0.3) is 0 Å². The molecule has 1 rings (SSSR count). The molecule has 0 fully saturated rings. The van der Waals surface area contributed by atoms with Crippen LogP contribution in [0.15, 0.2) is 28.7 Å². The zero-order valence-electron chi connectivity index (χ0n) is 13.9. The van der Waals surface area contributed by atoms with Gasteiger partial charge in [-0.25, -0.2) is 0 Å². The highest BCUT2D eigenvalue weighted by Crippen LogP contribution is 2.36. The van der Waals surface area contributed by atoms with Gasteiger partial charge in [-0.2, -0.15) is 0 Å². The Morgan fingerprint density at radius 3 is 2.24 bits per heavy atom. The van der Waals surface area contributed by atoms with E-state index in [1.807, 2.05) is 0 Å². The quantitative estimate of drug-likeness (QED) is 0.681. The number of hydrogen-bond donors (Lipinski definition) is 1. The van der Waals surface area contributed by atoms with Gasteiger partial charge in [-0.3, -0.25) is 0 Å². The third-order valence-corrected chi connectivity index (χ3v) is 9.56. The van der Waals surface area contributed by atoms with Crippen molar-refractivity contribution in [3.63, 3.8) is 0 Å². The van der Waals surface area contributed by atoms with Crippen LogP contribution in [0.2, 0.25) is 18.1 Å². The fraction of sp³-hybridized carbons (Fsp3) is 0.647. The van der Waals surface area contributed by atoms with Gasteiger partial charge in [-0.1, -0.05) is 48.8 Å². The van der Waals surface area contributed by atoms with Crippen LogP contribution in [-0.4, -0.2) is 26.6 Å². The molecule has 1 N–H and O–H groups in total. The van der Waals surface area contributed by atoms with Gasteiger partial charge in [0, 0.05) is 17.7 Å². The number of hydrogen-bond acceptors (Lipinski definition) is 2. The smallest absolute Gasteiger partial charge is 0.191 e. The molecule has 2 nitrogen and oxygen atoms in total. The van der Waals surface area contributed by atoms with E-state index in [2.05, 4.69) is 74.1 Å². The van der Waals surface area contributed by atoms with E-state index >= 15 is 0 Å². The molecule has 21 heavy (non-hydrogen) atoms. The Morgan fingerprint density at radius 1 is 1.19 bits per heavy atom. The normalized spacial score (nSPS) is 14.2. The van der Waals surface area contributed by atoms with Crippen molar-refractivity contribution in [2.24, 2.45) is 5.92 Å². The summed E-state index contributed by atoms with van der Waals surface area (Å²) in [6.07, 6.45) is 1.82. The second-order valence-electron chi connectivity index (χ2n) is 7.28. The summed E-state index contributed by atoms with van der Waals surface area (Å²) in [6.45, 7) is 12.3. The van der Waals surface area contributed by atoms with Crippen LogP contribution in [0.5, 0.6) is 0 Å². The Hall–Kier alpha value is -0.163. The molecule has 0 unspecified atom stereocenters. The van der Waals surface area contributed by atoms with Gasteiger partial charge in [0.2, 0.25) is 0 Å². The molecule has 1 aromatic carbocycles. The molecule has 0 amide bonds. The van der Waals surface area contributed by atoms with E-state index in [1.165, 1.54) is 5.56 Å². The van der Waals surface area contributed by atoms with E-state index in [-0.39, 0.29) is 17.6 Å². The second-order valence-corrected chi connectivity index (χ2v) is 13.0. The lowest BCUT2D eigenvalue weighted by atomic mass is 9.97. The summed E-state index contributed by atoms with van der Waals surface area (Å²) >= 11 is 3.45. The third kappa shape index (κ3) is 6.23. The maximum atomic E-state index is 9.58. The van der Waals surface area contributed by atoms with Crippen LogP contribution in [0, 0.1) is 5.92 Å². The molecule has 0 spiro atoms. The predicted octanol–water partition coefficient (Wildman–Crippen LogP) is 5.01. The molecule has 120 valence electrons. The van der Waals surface area contributed by atoms with E-state index in [0.717, 1.165) is 23.9 Å². The van der Waals surface area contributed by atoms with Crippen molar-refractivity contribution >= 4 is 24.2 Å². The minimum absolute atomic E-state index is 0.219. The van der Waals surface area contributed by atoms with E-state index in [0.29, 0.717) is 0 Å².